The largest absolute Gasteiger partial charge is 0.346 e. The summed E-state index contributed by atoms with van der Waals surface area (Å²) < 4.78 is 26.5. The molecular formula is C23H18F2N6O. The number of carbonyl (C=O) groups is 1. The van der Waals surface area contributed by atoms with Gasteiger partial charge in [-0.2, -0.15) is 5.10 Å². The quantitative estimate of drug-likeness (QED) is 0.435. The number of carbonyl (C=O) groups excluding carboxylic acids is 1. The maximum Gasteiger partial charge on any atom is 0.255 e. The zero-order valence-corrected chi connectivity index (χ0v) is 17.0. The van der Waals surface area contributed by atoms with Crippen molar-refractivity contribution in [1.82, 2.24) is 29.9 Å². The Labute approximate surface area is 181 Å². The lowest BCUT2D eigenvalue weighted by atomic mass is 10.0. The highest BCUT2D eigenvalue weighted by molar-refractivity contribution is 6.02. The Kier molecular flexibility index (Phi) is 4.85. The third-order valence-electron chi connectivity index (χ3n) is 5.34. The van der Waals surface area contributed by atoms with Crippen LogP contribution in [0.3, 0.4) is 0 Å². The molecule has 5 rings (SSSR count). The molecule has 0 saturated carbocycles. The first-order valence-electron chi connectivity index (χ1n) is 9.94. The third-order valence-corrected chi connectivity index (χ3v) is 5.34. The van der Waals surface area contributed by atoms with Crippen LogP contribution in [0.1, 0.15) is 16.1 Å². The predicted octanol–water partition coefficient (Wildman–Crippen LogP) is 4.24. The number of halogens is 2. The Bertz CT molecular complexity index is 1460. The first-order chi connectivity index (χ1) is 15.5. The second-order valence-electron chi connectivity index (χ2n) is 7.36. The highest BCUT2D eigenvalue weighted by atomic mass is 19.3. The van der Waals surface area contributed by atoms with E-state index < -0.39 is 18.9 Å². The van der Waals surface area contributed by atoms with Crippen molar-refractivity contribution in [3.05, 3.63) is 72.6 Å². The molecule has 32 heavy (non-hydrogen) atoms. The van der Waals surface area contributed by atoms with Crippen molar-refractivity contribution in [1.29, 1.82) is 0 Å². The first kappa shape index (κ1) is 19.8. The van der Waals surface area contributed by atoms with Crippen LogP contribution in [0.15, 0.2) is 61.3 Å². The number of aromatic amines is 1. The molecule has 0 unspecified atom stereocenters. The van der Waals surface area contributed by atoms with Crippen molar-refractivity contribution in [2.24, 2.45) is 0 Å². The molecule has 7 nitrogen and oxygen atoms in total. The smallest absolute Gasteiger partial charge is 0.255 e. The van der Waals surface area contributed by atoms with Gasteiger partial charge in [0.2, 0.25) is 0 Å². The molecule has 5 aromatic heterocycles. The van der Waals surface area contributed by atoms with E-state index in [1.165, 1.54) is 10.7 Å². The lowest BCUT2D eigenvalue weighted by Crippen LogP contribution is -2.28. The zero-order chi connectivity index (χ0) is 22.2. The van der Waals surface area contributed by atoms with Crippen molar-refractivity contribution < 1.29 is 13.6 Å². The van der Waals surface area contributed by atoms with Gasteiger partial charge in [0, 0.05) is 52.6 Å². The lowest BCUT2D eigenvalue weighted by Gasteiger charge is -2.07. The highest BCUT2D eigenvalue weighted by Gasteiger charge is 2.16. The second-order valence-corrected chi connectivity index (χ2v) is 7.36. The minimum Gasteiger partial charge on any atom is -0.346 e. The summed E-state index contributed by atoms with van der Waals surface area (Å²) in [5.74, 6) is -0.590. The van der Waals surface area contributed by atoms with Crippen molar-refractivity contribution in [3.8, 4) is 22.3 Å². The number of H-pyrrole nitrogens is 1. The molecule has 5 heterocycles. The number of aromatic nitrogens is 5. The summed E-state index contributed by atoms with van der Waals surface area (Å²) in [7, 11) is 0. The maximum atomic E-state index is 12.5. The van der Waals surface area contributed by atoms with Crippen LogP contribution in [-0.2, 0) is 0 Å². The fourth-order valence-electron chi connectivity index (χ4n) is 3.77. The number of fused-ring (bicyclic) bond motifs is 2. The minimum absolute atomic E-state index is 0.233. The standard InChI is InChI=1S/C23H18F2N6O/c1-13-16(3-2-5-26-13)15-7-17-18(10-28-22(17)27-9-15)14-4-6-31-20(8-14)19(11-30-31)23(32)29-12-21(24)25/h2-11,21H,12H2,1H3,(H,27,28)(H,29,32). The van der Waals surface area contributed by atoms with E-state index in [1.54, 1.807) is 18.6 Å². The average Bonchev–Trinajstić information content (AvgIpc) is 3.41. The molecular weight excluding hydrogens is 414 g/mol. The van der Waals surface area contributed by atoms with Crippen molar-refractivity contribution in [2.45, 2.75) is 13.3 Å². The van der Waals surface area contributed by atoms with E-state index in [0.717, 1.165) is 39.0 Å². The van der Waals surface area contributed by atoms with Crippen LogP contribution in [0.25, 0.3) is 38.8 Å². The molecule has 5 aromatic rings. The highest BCUT2D eigenvalue weighted by Crippen LogP contribution is 2.32. The summed E-state index contributed by atoms with van der Waals surface area (Å²) in [4.78, 5) is 24.4. The fourth-order valence-corrected chi connectivity index (χ4v) is 3.77. The van der Waals surface area contributed by atoms with E-state index in [9.17, 15) is 13.6 Å². The van der Waals surface area contributed by atoms with E-state index in [4.69, 9.17) is 0 Å². The molecule has 0 atom stereocenters. The van der Waals surface area contributed by atoms with Gasteiger partial charge in [-0.3, -0.25) is 9.78 Å². The monoisotopic (exact) mass is 432 g/mol. The Morgan fingerprint density at radius 3 is 2.84 bits per heavy atom. The molecule has 0 fully saturated rings. The van der Waals surface area contributed by atoms with Gasteiger partial charge in [0.15, 0.2) is 0 Å². The number of rotatable bonds is 5. The number of hydrogen-bond acceptors (Lipinski definition) is 4. The van der Waals surface area contributed by atoms with Gasteiger partial charge >= 0.3 is 0 Å². The van der Waals surface area contributed by atoms with Crippen molar-refractivity contribution in [3.63, 3.8) is 0 Å². The van der Waals surface area contributed by atoms with Crippen LogP contribution in [0.4, 0.5) is 8.78 Å². The fraction of sp³-hybridized carbons (Fsp3) is 0.130. The van der Waals surface area contributed by atoms with Gasteiger partial charge in [0.25, 0.3) is 12.3 Å². The third kappa shape index (κ3) is 3.47. The number of aryl methyl sites for hydroxylation is 1. The Balaban J connectivity index is 1.58. The molecule has 0 aliphatic rings. The van der Waals surface area contributed by atoms with Crippen LogP contribution >= 0.6 is 0 Å². The molecule has 2 N–H and O–H groups in total. The second kappa shape index (κ2) is 7.84. The van der Waals surface area contributed by atoms with Crippen molar-refractivity contribution in [2.75, 3.05) is 6.54 Å². The van der Waals surface area contributed by atoms with E-state index in [1.807, 2.05) is 37.4 Å². The lowest BCUT2D eigenvalue weighted by molar-refractivity contribution is 0.0893. The van der Waals surface area contributed by atoms with Gasteiger partial charge in [-0.05, 0) is 36.8 Å². The molecule has 0 aromatic carbocycles. The number of nitrogens with one attached hydrogen (secondary N) is 2. The molecule has 1 amide bonds. The number of nitrogens with zero attached hydrogens (tertiary/aromatic N) is 4. The van der Waals surface area contributed by atoms with Crippen LogP contribution in [0.2, 0.25) is 0 Å². The van der Waals surface area contributed by atoms with Gasteiger partial charge in [-0.15, -0.1) is 0 Å². The molecule has 9 heteroatoms. The number of hydrogen-bond donors (Lipinski definition) is 2. The van der Waals surface area contributed by atoms with E-state index in [-0.39, 0.29) is 5.56 Å². The summed E-state index contributed by atoms with van der Waals surface area (Å²) in [5.41, 5.74) is 6.08. The van der Waals surface area contributed by atoms with E-state index in [0.29, 0.717) is 5.52 Å². The van der Waals surface area contributed by atoms with E-state index >= 15 is 0 Å². The topological polar surface area (TPSA) is 88.0 Å². The first-order valence-corrected chi connectivity index (χ1v) is 9.94. The van der Waals surface area contributed by atoms with E-state index in [2.05, 4.69) is 31.4 Å². The molecule has 0 aliphatic carbocycles. The summed E-state index contributed by atoms with van der Waals surface area (Å²) in [6.45, 7) is 1.24. The van der Waals surface area contributed by atoms with Gasteiger partial charge in [-0.25, -0.2) is 18.3 Å². The SMILES string of the molecule is Cc1ncccc1-c1cnc2[nH]cc(-c3ccn4ncc(C(=O)NCC(F)F)c4c3)c2c1. The van der Waals surface area contributed by atoms with Gasteiger partial charge in [0.1, 0.15) is 5.65 Å². The van der Waals surface area contributed by atoms with Crippen LogP contribution in [-0.4, -0.2) is 43.4 Å². The number of alkyl halides is 2. The van der Waals surface area contributed by atoms with Crippen LogP contribution < -0.4 is 5.32 Å². The summed E-state index contributed by atoms with van der Waals surface area (Å²) in [5, 5.41) is 7.30. The Hall–Kier alpha value is -4.14. The maximum absolute atomic E-state index is 12.5. The molecule has 0 bridgehead atoms. The summed E-state index contributed by atoms with van der Waals surface area (Å²) in [6, 6.07) is 9.63. The normalized spacial score (nSPS) is 11.5. The number of amides is 1. The average molecular weight is 432 g/mol. The number of pyridine rings is 3. The predicted molar refractivity (Wildman–Crippen MR) is 117 cm³/mol. The molecule has 0 radical (unpaired) electrons. The Morgan fingerprint density at radius 2 is 2.03 bits per heavy atom. The van der Waals surface area contributed by atoms with Crippen molar-refractivity contribution >= 4 is 22.5 Å². The molecule has 0 saturated heterocycles. The molecule has 0 spiro atoms. The summed E-state index contributed by atoms with van der Waals surface area (Å²) in [6.07, 6.45) is 5.90. The van der Waals surface area contributed by atoms with Gasteiger partial charge in [0.05, 0.1) is 23.8 Å². The van der Waals surface area contributed by atoms with Gasteiger partial charge < -0.3 is 10.3 Å². The molecule has 0 aliphatic heterocycles. The minimum atomic E-state index is -2.62. The summed E-state index contributed by atoms with van der Waals surface area (Å²) >= 11 is 0. The van der Waals surface area contributed by atoms with Crippen LogP contribution in [0, 0.1) is 6.92 Å². The van der Waals surface area contributed by atoms with Gasteiger partial charge in [-0.1, -0.05) is 6.07 Å². The molecule has 160 valence electrons. The zero-order valence-electron chi connectivity index (χ0n) is 17.0. The van der Waals surface area contributed by atoms with Crippen LogP contribution in [0.5, 0.6) is 0 Å². The Morgan fingerprint density at radius 1 is 1.16 bits per heavy atom.